The third kappa shape index (κ3) is 3.55. The van der Waals surface area contributed by atoms with E-state index in [-0.39, 0.29) is 5.91 Å². The second kappa shape index (κ2) is 8.20. The molecule has 2 unspecified atom stereocenters. The molecule has 0 aromatic carbocycles. The summed E-state index contributed by atoms with van der Waals surface area (Å²) in [5.74, 6) is 0.759. The fourth-order valence-corrected chi connectivity index (χ4v) is 7.82. The van der Waals surface area contributed by atoms with Crippen LogP contribution in [0.25, 0.3) is 27.1 Å². The van der Waals surface area contributed by atoms with Gasteiger partial charge in [0.05, 0.1) is 22.5 Å². The van der Waals surface area contributed by atoms with Crippen LogP contribution in [0.2, 0.25) is 0 Å². The number of thiophene rings is 1. The van der Waals surface area contributed by atoms with E-state index < -0.39 is 0 Å². The summed E-state index contributed by atoms with van der Waals surface area (Å²) in [7, 11) is 0. The van der Waals surface area contributed by atoms with E-state index >= 15 is 0 Å². The highest BCUT2D eigenvalue weighted by Gasteiger charge is 2.39. The molecule has 4 aromatic heterocycles. The number of primary amides is 1. The Balaban J connectivity index is 1.36. The minimum atomic E-state index is -0.201. The van der Waals surface area contributed by atoms with Crippen molar-refractivity contribution in [3.63, 3.8) is 0 Å². The fraction of sp³-hybridized carbons (Fsp3) is 0.500. The van der Waals surface area contributed by atoms with Gasteiger partial charge in [0.1, 0.15) is 6.33 Å². The first-order chi connectivity index (χ1) is 16.4. The van der Waals surface area contributed by atoms with Gasteiger partial charge in [-0.1, -0.05) is 20.3 Å². The average Bonchev–Trinajstić information content (AvgIpc) is 3.47. The minimum absolute atomic E-state index is 0.201. The number of nitrogens with one attached hydrogen (secondary N) is 1. The molecule has 0 spiro atoms. The van der Waals surface area contributed by atoms with Gasteiger partial charge < -0.3 is 10.7 Å². The van der Waals surface area contributed by atoms with Crippen LogP contribution in [0.3, 0.4) is 0 Å². The first-order valence-corrected chi connectivity index (χ1v) is 13.2. The molecule has 4 aromatic rings. The van der Waals surface area contributed by atoms with Crippen molar-refractivity contribution >= 4 is 33.1 Å². The quantitative estimate of drug-likeness (QED) is 0.426. The molecular formula is C26H32N6OS. The van der Waals surface area contributed by atoms with Crippen LogP contribution >= 0.6 is 11.3 Å². The van der Waals surface area contributed by atoms with Gasteiger partial charge in [0.15, 0.2) is 5.65 Å². The number of carbonyl (C=O) groups is 1. The molecule has 1 amide bonds. The minimum Gasteiger partial charge on any atom is -0.369 e. The van der Waals surface area contributed by atoms with Gasteiger partial charge in [-0.15, -0.1) is 11.3 Å². The zero-order chi connectivity index (χ0) is 23.6. The summed E-state index contributed by atoms with van der Waals surface area (Å²) in [6, 6.07) is 5.55. The van der Waals surface area contributed by atoms with Crippen molar-refractivity contribution in [2.75, 3.05) is 6.54 Å². The van der Waals surface area contributed by atoms with Crippen molar-refractivity contribution in [1.29, 1.82) is 0 Å². The largest absolute Gasteiger partial charge is 0.369 e. The number of aromatic nitrogens is 4. The molecule has 2 bridgehead atoms. The Morgan fingerprint density at radius 2 is 2.03 bits per heavy atom. The van der Waals surface area contributed by atoms with Gasteiger partial charge in [-0.25, -0.2) is 9.50 Å². The molecule has 0 saturated carbocycles. The van der Waals surface area contributed by atoms with Crippen LogP contribution in [-0.4, -0.2) is 49.0 Å². The Hall–Kier alpha value is -2.71. The van der Waals surface area contributed by atoms with Gasteiger partial charge >= 0.3 is 0 Å². The molecule has 8 heteroatoms. The first kappa shape index (κ1) is 21.8. The number of hydrogen-bond acceptors (Lipinski definition) is 5. The number of H-pyrrole nitrogens is 1. The van der Waals surface area contributed by atoms with Crippen molar-refractivity contribution in [3.8, 4) is 11.3 Å². The lowest BCUT2D eigenvalue weighted by molar-refractivity contribution is -0.122. The van der Waals surface area contributed by atoms with E-state index in [0.717, 1.165) is 29.6 Å². The van der Waals surface area contributed by atoms with Crippen LogP contribution < -0.4 is 5.73 Å². The summed E-state index contributed by atoms with van der Waals surface area (Å²) in [5.41, 5.74) is 12.5. The van der Waals surface area contributed by atoms with Crippen molar-refractivity contribution in [3.05, 3.63) is 40.7 Å². The second-order valence-electron chi connectivity index (χ2n) is 10.4. The Morgan fingerprint density at radius 3 is 2.74 bits per heavy atom. The number of pyridine rings is 1. The molecular weight excluding hydrogens is 444 g/mol. The Morgan fingerprint density at radius 1 is 1.26 bits per heavy atom. The van der Waals surface area contributed by atoms with E-state index in [9.17, 15) is 4.79 Å². The Kier molecular flexibility index (Phi) is 5.26. The number of carbonyl (C=O) groups excluding carboxylic acids is 1. The Bertz CT molecular complexity index is 1370. The molecule has 34 heavy (non-hydrogen) atoms. The van der Waals surface area contributed by atoms with Crippen molar-refractivity contribution < 1.29 is 4.79 Å². The number of nitrogens with zero attached hydrogens (tertiary/aromatic N) is 4. The van der Waals surface area contributed by atoms with Crippen LogP contribution in [0.1, 0.15) is 73.8 Å². The van der Waals surface area contributed by atoms with Gasteiger partial charge in [-0.3, -0.25) is 9.69 Å². The van der Waals surface area contributed by atoms with Crippen molar-refractivity contribution in [2.24, 2.45) is 5.73 Å². The number of aromatic amines is 1. The van der Waals surface area contributed by atoms with Crippen LogP contribution in [0.5, 0.6) is 0 Å². The molecule has 7 nitrogen and oxygen atoms in total. The zero-order valence-corrected chi connectivity index (χ0v) is 20.9. The number of rotatable bonds is 5. The SMILES string of the molecule is Cc1cc(-c2[nH]c3cc(C4CC5CCCC(C4)N5CC(N)=O)sc3c2C(C)C)cn2ncnc12. The lowest BCUT2D eigenvalue weighted by atomic mass is 9.78. The summed E-state index contributed by atoms with van der Waals surface area (Å²) in [5, 5.41) is 4.37. The lowest BCUT2D eigenvalue weighted by Crippen LogP contribution is -2.54. The molecule has 2 saturated heterocycles. The summed E-state index contributed by atoms with van der Waals surface area (Å²) < 4.78 is 3.24. The first-order valence-electron chi connectivity index (χ1n) is 12.4. The van der Waals surface area contributed by atoms with Gasteiger partial charge in [0.2, 0.25) is 5.91 Å². The molecule has 6 heterocycles. The van der Waals surface area contributed by atoms with Crippen molar-refractivity contribution in [1.82, 2.24) is 24.5 Å². The van der Waals surface area contributed by atoms with E-state index in [1.54, 1.807) is 6.33 Å². The number of aryl methyl sites for hydroxylation is 1. The average molecular weight is 477 g/mol. The second-order valence-corrected chi connectivity index (χ2v) is 11.5. The maximum Gasteiger partial charge on any atom is 0.231 e. The summed E-state index contributed by atoms with van der Waals surface area (Å²) in [6.07, 6.45) is 9.55. The third-order valence-electron chi connectivity index (χ3n) is 7.82. The predicted octanol–water partition coefficient (Wildman–Crippen LogP) is 4.96. The maximum absolute atomic E-state index is 11.6. The molecule has 0 aliphatic carbocycles. The smallest absolute Gasteiger partial charge is 0.231 e. The lowest BCUT2D eigenvalue weighted by Gasteiger charge is -2.48. The molecule has 3 N–H and O–H groups in total. The molecule has 6 rings (SSSR count). The number of amides is 1. The Labute approximate surface area is 203 Å². The highest BCUT2D eigenvalue weighted by molar-refractivity contribution is 7.19. The standard InChI is InChI=1S/C26H32N6OS/c1-14(2)23-24(17-7-15(3)26-28-13-29-32(26)11-17)30-20-10-21(34-25(20)23)16-8-18-5-4-6-19(9-16)31(18)12-22(27)33/h7,10-11,13-14,16,18-19,30H,4-6,8-9,12H2,1-3H3,(H2,27,33). The van der Waals surface area contributed by atoms with E-state index in [0.29, 0.717) is 30.5 Å². The summed E-state index contributed by atoms with van der Waals surface area (Å²) >= 11 is 1.96. The monoisotopic (exact) mass is 476 g/mol. The maximum atomic E-state index is 11.6. The van der Waals surface area contributed by atoms with E-state index in [2.05, 4.69) is 59.1 Å². The van der Waals surface area contributed by atoms with Crippen LogP contribution in [0, 0.1) is 6.92 Å². The van der Waals surface area contributed by atoms with Gasteiger partial charge in [-0.05, 0) is 67.7 Å². The summed E-state index contributed by atoms with van der Waals surface area (Å²) in [6.45, 7) is 7.05. The highest BCUT2D eigenvalue weighted by atomic mass is 32.1. The van der Waals surface area contributed by atoms with E-state index in [4.69, 9.17) is 5.73 Å². The van der Waals surface area contributed by atoms with E-state index in [1.807, 2.05) is 15.9 Å². The molecule has 2 fully saturated rings. The number of piperidine rings is 2. The number of hydrogen-bond donors (Lipinski definition) is 2. The third-order valence-corrected chi connectivity index (χ3v) is 9.15. The van der Waals surface area contributed by atoms with Crippen molar-refractivity contribution in [2.45, 2.75) is 76.8 Å². The highest BCUT2D eigenvalue weighted by Crippen LogP contribution is 2.47. The number of fused-ring (bicyclic) bond motifs is 4. The fourth-order valence-electron chi connectivity index (χ4n) is 6.38. The molecule has 178 valence electrons. The van der Waals surface area contributed by atoms with Gasteiger partial charge in [0, 0.05) is 28.7 Å². The predicted molar refractivity (Wildman–Crippen MR) is 136 cm³/mol. The zero-order valence-electron chi connectivity index (χ0n) is 20.0. The van der Waals surface area contributed by atoms with Crippen LogP contribution in [0.4, 0.5) is 0 Å². The van der Waals surface area contributed by atoms with Crippen LogP contribution in [-0.2, 0) is 4.79 Å². The van der Waals surface area contributed by atoms with Gasteiger partial charge in [-0.2, -0.15) is 5.10 Å². The normalized spacial score (nSPS) is 23.4. The van der Waals surface area contributed by atoms with Gasteiger partial charge in [0.25, 0.3) is 0 Å². The van der Waals surface area contributed by atoms with Crippen LogP contribution in [0.15, 0.2) is 24.7 Å². The molecule has 0 radical (unpaired) electrons. The number of nitrogens with two attached hydrogens (primary N) is 1. The molecule has 2 aliphatic rings. The molecule has 2 atom stereocenters. The topological polar surface area (TPSA) is 92.3 Å². The molecule has 2 aliphatic heterocycles. The summed E-state index contributed by atoms with van der Waals surface area (Å²) in [4.78, 5) is 23.6. The van der Waals surface area contributed by atoms with E-state index in [1.165, 1.54) is 45.6 Å².